The van der Waals surface area contributed by atoms with E-state index in [1.807, 2.05) is 43.3 Å². The summed E-state index contributed by atoms with van der Waals surface area (Å²) < 4.78 is 0. The fourth-order valence-corrected chi connectivity index (χ4v) is 1.90. The standard InChI is InChI=1S/C16H19N5O/c1-3-12(4-2)7-10-15(22)17-11-13-5-8-14(9-6-13)16-18-20-21-19-16/h3,5-10H,4,11H2,1-2H3,(H,17,22)(H,18,19,20,21)/b10-7+,12-3-. The number of nitrogens with one attached hydrogen (secondary N) is 2. The zero-order valence-corrected chi connectivity index (χ0v) is 12.7. The van der Waals surface area contributed by atoms with E-state index in [0.29, 0.717) is 12.4 Å². The van der Waals surface area contributed by atoms with Gasteiger partial charge in [0.1, 0.15) is 0 Å². The number of nitrogens with zero attached hydrogens (tertiary/aromatic N) is 3. The predicted molar refractivity (Wildman–Crippen MR) is 84.6 cm³/mol. The number of H-pyrrole nitrogens is 1. The maximum atomic E-state index is 11.7. The minimum atomic E-state index is -0.102. The van der Waals surface area contributed by atoms with Gasteiger partial charge in [0, 0.05) is 18.2 Å². The second-order valence-corrected chi connectivity index (χ2v) is 4.70. The molecule has 22 heavy (non-hydrogen) atoms. The highest BCUT2D eigenvalue weighted by Gasteiger charge is 2.03. The van der Waals surface area contributed by atoms with Gasteiger partial charge < -0.3 is 5.32 Å². The number of carbonyl (C=O) groups excluding carboxylic acids is 1. The van der Waals surface area contributed by atoms with Gasteiger partial charge in [-0.25, -0.2) is 0 Å². The molecule has 0 spiro atoms. The van der Waals surface area contributed by atoms with Crippen LogP contribution in [0, 0.1) is 0 Å². The maximum absolute atomic E-state index is 11.7. The van der Waals surface area contributed by atoms with E-state index in [1.165, 1.54) is 0 Å². The van der Waals surface area contributed by atoms with Crippen LogP contribution in [-0.2, 0) is 11.3 Å². The van der Waals surface area contributed by atoms with Gasteiger partial charge in [0.05, 0.1) is 0 Å². The molecule has 6 heteroatoms. The van der Waals surface area contributed by atoms with Gasteiger partial charge in [-0.1, -0.05) is 48.9 Å². The van der Waals surface area contributed by atoms with Gasteiger partial charge in [0.15, 0.2) is 0 Å². The summed E-state index contributed by atoms with van der Waals surface area (Å²) in [5, 5.41) is 16.6. The fourth-order valence-electron chi connectivity index (χ4n) is 1.90. The number of carbonyl (C=O) groups is 1. The third-order valence-corrected chi connectivity index (χ3v) is 3.25. The van der Waals surface area contributed by atoms with Gasteiger partial charge in [-0.3, -0.25) is 4.79 Å². The molecule has 2 aromatic rings. The summed E-state index contributed by atoms with van der Waals surface area (Å²) in [6.07, 6.45) is 6.32. The molecule has 0 unspecified atom stereocenters. The largest absolute Gasteiger partial charge is 0.348 e. The zero-order valence-electron chi connectivity index (χ0n) is 12.7. The predicted octanol–water partition coefficient (Wildman–Crippen LogP) is 2.40. The number of rotatable bonds is 6. The van der Waals surface area contributed by atoms with Crippen LogP contribution in [0.25, 0.3) is 11.4 Å². The first-order chi connectivity index (χ1) is 10.7. The Labute approximate surface area is 129 Å². The number of hydrogen-bond acceptors (Lipinski definition) is 4. The van der Waals surface area contributed by atoms with Crippen molar-refractivity contribution in [1.29, 1.82) is 0 Å². The van der Waals surface area contributed by atoms with Crippen LogP contribution in [0.5, 0.6) is 0 Å². The average Bonchev–Trinajstić information content (AvgIpc) is 3.09. The van der Waals surface area contributed by atoms with Gasteiger partial charge in [-0.15, -0.1) is 10.2 Å². The van der Waals surface area contributed by atoms with Crippen molar-refractivity contribution in [2.75, 3.05) is 0 Å². The summed E-state index contributed by atoms with van der Waals surface area (Å²) in [4.78, 5) is 11.7. The van der Waals surface area contributed by atoms with Crippen LogP contribution in [0.15, 0.2) is 48.1 Å². The van der Waals surface area contributed by atoms with E-state index in [1.54, 1.807) is 6.08 Å². The molecule has 0 saturated heterocycles. The summed E-state index contributed by atoms with van der Waals surface area (Å²) in [6.45, 7) is 4.50. The van der Waals surface area contributed by atoms with Gasteiger partial charge in [-0.2, -0.15) is 5.21 Å². The minimum Gasteiger partial charge on any atom is -0.348 e. The number of benzene rings is 1. The first kappa shape index (κ1) is 15.6. The fraction of sp³-hybridized carbons (Fsp3) is 0.250. The van der Waals surface area contributed by atoms with E-state index in [9.17, 15) is 4.79 Å². The van der Waals surface area contributed by atoms with E-state index in [4.69, 9.17) is 0 Å². The Balaban J connectivity index is 1.88. The molecule has 0 radical (unpaired) electrons. The first-order valence-corrected chi connectivity index (χ1v) is 7.16. The summed E-state index contributed by atoms with van der Waals surface area (Å²) in [6, 6.07) is 7.66. The second kappa shape index (κ2) is 7.87. The molecule has 114 valence electrons. The van der Waals surface area contributed by atoms with Crippen molar-refractivity contribution in [3.8, 4) is 11.4 Å². The Morgan fingerprint density at radius 3 is 2.64 bits per heavy atom. The Morgan fingerprint density at radius 1 is 1.27 bits per heavy atom. The molecule has 6 nitrogen and oxygen atoms in total. The summed E-state index contributed by atoms with van der Waals surface area (Å²) in [5.41, 5.74) is 3.03. The molecule has 0 atom stereocenters. The molecule has 0 aliphatic rings. The molecule has 2 rings (SSSR count). The highest BCUT2D eigenvalue weighted by atomic mass is 16.1. The van der Waals surface area contributed by atoms with Crippen molar-refractivity contribution < 1.29 is 4.79 Å². The van der Waals surface area contributed by atoms with Crippen LogP contribution < -0.4 is 5.32 Å². The number of aromatic amines is 1. The van der Waals surface area contributed by atoms with E-state index in [0.717, 1.165) is 23.1 Å². The highest BCUT2D eigenvalue weighted by Crippen LogP contribution is 2.13. The molecule has 0 bridgehead atoms. The molecule has 2 N–H and O–H groups in total. The number of tetrazole rings is 1. The number of hydrogen-bond donors (Lipinski definition) is 2. The van der Waals surface area contributed by atoms with E-state index in [2.05, 4.69) is 32.9 Å². The Hall–Kier alpha value is -2.76. The maximum Gasteiger partial charge on any atom is 0.244 e. The number of aromatic nitrogens is 4. The smallest absolute Gasteiger partial charge is 0.244 e. The van der Waals surface area contributed by atoms with Crippen LogP contribution in [0.4, 0.5) is 0 Å². The van der Waals surface area contributed by atoms with Crippen LogP contribution in [-0.4, -0.2) is 26.5 Å². The van der Waals surface area contributed by atoms with E-state index < -0.39 is 0 Å². The third kappa shape index (κ3) is 4.37. The molecule has 1 heterocycles. The van der Waals surface area contributed by atoms with Crippen molar-refractivity contribution in [3.63, 3.8) is 0 Å². The Kier molecular flexibility index (Phi) is 5.59. The summed E-state index contributed by atoms with van der Waals surface area (Å²) in [7, 11) is 0. The van der Waals surface area contributed by atoms with Crippen molar-refractivity contribution in [2.45, 2.75) is 26.8 Å². The lowest BCUT2D eigenvalue weighted by atomic mass is 10.1. The topological polar surface area (TPSA) is 83.6 Å². The Morgan fingerprint density at radius 2 is 2.05 bits per heavy atom. The van der Waals surface area contributed by atoms with Crippen LogP contribution in [0.2, 0.25) is 0 Å². The van der Waals surface area contributed by atoms with Crippen molar-refractivity contribution >= 4 is 5.91 Å². The van der Waals surface area contributed by atoms with Crippen molar-refractivity contribution in [3.05, 3.63) is 53.6 Å². The van der Waals surface area contributed by atoms with Crippen molar-refractivity contribution in [2.24, 2.45) is 0 Å². The van der Waals surface area contributed by atoms with E-state index in [-0.39, 0.29) is 5.91 Å². The zero-order chi connectivity index (χ0) is 15.8. The molecular formula is C16H19N5O. The Bertz CT molecular complexity index is 656. The molecule has 1 amide bonds. The first-order valence-electron chi connectivity index (χ1n) is 7.16. The molecule has 0 fully saturated rings. The van der Waals surface area contributed by atoms with Gasteiger partial charge in [-0.05, 0) is 24.1 Å². The number of allylic oxidation sites excluding steroid dienone is 3. The molecule has 0 aliphatic carbocycles. The van der Waals surface area contributed by atoms with Crippen LogP contribution >= 0.6 is 0 Å². The van der Waals surface area contributed by atoms with Gasteiger partial charge >= 0.3 is 0 Å². The molecule has 1 aromatic carbocycles. The summed E-state index contributed by atoms with van der Waals surface area (Å²) in [5.74, 6) is 0.451. The average molecular weight is 297 g/mol. The van der Waals surface area contributed by atoms with E-state index >= 15 is 0 Å². The molecule has 0 saturated carbocycles. The van der Waals surface area contributed by atoms with Gasteiger partial charge in [0.2, 0.25) is 11.7 Å². The monoisotopic (exact) mass is 297 g/mol. The lowest BCUT2D eigenvalue weighted by molar-refractivity contribution is -0.116. The highest BCUT2D eigenvalue weighted by molar-refractivity contribution is 5.87. The normalized spacial score (nSPS) is 11.8. The lowest BCUT2D eigenvalue weighted by Gasteiger charge is -2.03. The quantitative estimate of drug-likeness (QED) is 0.633. The number of amides is 1. The molecular weight excluding hydrogens is 278 g/mol. The third-order valence-electron chi connectivity index (χ3n) is 3.25. The minimum absolute atomic E-state index is 0.102. The van der Waals surface area contributed by atoms with Gasteiger partial charge in [0.25, 0.3) is 0 Å². The molecule has 1 aromatic heterocycles. The van der Waals surface area contributed by atoms with Crippen molar-refractivity contribution in [1.82, 2.24) is 25.9 Å². The van der Waals surface area contributed by atoms with Crippen LogP contribution in [0.1, 0.15) is 25.8 Å². The lowest BCUT2D eigenvalue weighted by Crippen LogP contribution is -2.20. The SMILES string of the molecule is C/C=C(\C=C\C(=O)NCc1ccc(-c2nn[nH]n2)cc1)CC. The summed E-state index contributed by atoms with van der Waals surface area (Å²) >= 11 is 0. The van der Waals surface area contributed by atoms with Crippen LogP contribution in [0.3, 0.4) is 0 Å². The molecule has 0 aliphatic heterocycles. The second-order valence-electron chi connectivity index (χ2n) is 4.70.